The molecule has 5 aromatic carbocycles. The lowest BCUT2D eigenvalue weighted by molar-refractivity contribution is 0.591. The van der Waals surface area contributed by atoms with Crippen LogP contribution in [0.3, 0.4) is 0 Å². The molecule has 0 N–H and O–H groups in total. The van der Waals surface area contributed by atoms with Gasteiger partial charge in [0, 0.05) is 25.7 Å². The van der Waals surface area contributed by atoms with E-state index in [1.54, 1.807) is 0 Å². The fourth-order valence-electron chi connectivity index (χ4n) is 6.49. The Hall–Kier alpha value is -4.21. The lowest BCUT2D eigenvalue weighted by Crippen LogP contribution is -2.10. The van der Waals surface area contributed by atoms with E-state index in [0.29, 0.717) is 11.8 Å². The van der Waals surface area contributed by atoms with E-state index in [1.807, 2.05) is 11.3 Å². The third kappa shape index (κ3) is 4.75. The molecule has 0 aliphatic rings. The average Bonchev–Trinajstić information content (AvgIpc) is 3.58. The lowest BCUT2D eigenvalue weighted by atomic mass is 9.87. The first-order valence-corrected chi connectivity index (χ1v) is 16.6. The highest BCUT2D eigenvalue weighted by Gasteiger charge is 2.25. The Morgan fingerprint density at radius 3 is 2.02 bits per heavy atom. The van der Waals surface area contributed by atoms with Crippen molar-refractivity contribution in [3.8, 4) is 28.2 Å². The van der Waals surface area contributed by atoms with Crippen LogP contribution in [-0.4, -0.2) is 9.55 Å². The number of imidazole rings is 1. The summed E-state index contributed by atoms with van der Waals surface area (Å²) >= 11 is 1.89. The molecule has 2 heterocycles. The quantitative estimate of drug-likeness (QED) is 0.194. The maximum Gasteiger partial charge on any atom is 0.147 e. The normalized spacial score (nSPS) is 12.4. The van der Waals surface area contributed by atoms with Crippen LogP contribution in [0.25, 0.3) is 59.4 Å². The minimum atomic E-state index is 0.105. The van der Waals surface area contributed by atoms with Crippen molar-refractivity contribution < 1.29 is 0 Å². The topological polar surface area (TPSA) is 17.8 Å². The van der Waals surface area contributed by atoms with Crippen molar-refractivity contribution in [2.45, 2.75) is 65.7 Å². The van der Waals surface area contributed by atoms with Gasteiger partial charge in [-0.15, -0.1) is 11.3 Å². The third-order valence-corrected chi connectivity index (χ3v) is 10.1. The maximum absolute atomic E-state index is 5.39. The van der Waals surface area contributed by atoms with E-state index in [2.05, 4.69) is 156 Å². The van der Waals surface area contributed by atoms with Gasteiger partial charge in [0.05, 0.1) is 16.7 Å². The van der Waals surface area contributed by atoms with Crippen LogP contribution in [0, 0.1) is 0 Å². The second kappa shape index (κ2) is 10.7. The van der Waals surface area contributed by atoms with E-state index in [4.69, 9.17) is 4.98 Å². The van der Waals surface area contributed by atoms with Crippen molar-refractivity contribution in [3.63, 3.8) is 0 Å². The van der Waals surface area contributed by atoms with Crippen LogP contribution in [0.1, 0.15) is 77.0 Å². The predicted molar refractivity (Wildman–Crippen MR) is 192 cm³/mol. The largest absolute Gasteiger partial charge is 0.292 e. The molecule has 2 aromatic heterocycles. The summed E-state index contributed by atoms with van der Waals surface area (Å²) in [4.78, 5) is 5.39. The fourth-order valence-corrected chi connectivity index (χ4v) is 7.74. The highest BCUT2D eigenvalue weighted by Crippen LogP contribution is 2.44. The lowest BCUT2D eigenvalue weighted by Gasteiger charge is -2.24. The smallest absolute Gasteiger partial charge is 0.147 e. The number of rotatable bonds is 5. The summed E-state index contributed by atoms with van der Waals surface area (Å²) in [7, 11) is 0. The summed E-state index contributed by atoms with van der Waals surface area (Å²) in [6.07, 6.45) is 0. The Morgan fingerprint density at radius 1 is 0.659 bits per heavy atom. The Labute approximate surface area is 265 Å². The zero-order valence-corrected chi connectivity index (χ0v) is 27.6. The minimum absolute atomic E-state index is 0.105. The first kappa shape index (κ1) is 28.6. The zero-order chi connectivity index (χ0) is 30.7. The summed E-state index contributed by atoms with van der Waals surface area (Å²) in [6.45, 7) is 16.1. The molecule has 3 heteroatoms. The standard InChI is InChI=1S/C41H40N2S/c1-25(2)33-22-28(27-14-9-8-10-15-27)23-34(26(3)4)38(33)43-36-19-12-11-18-35(36)42-40(43)32-17-13-16-31-30-21-20-29(41(5,6)7)24-37(30)44-39(31)32/h8-26H,1-7H3. The molecule has 7 rings (SSSR count). The summed E-state index contributed by atoms with van der Waals surface area (Å²) in [5, 5.41) is 2.62. The molecule has 0 atom stereocenters. The fraction of sp³-hybridized carbons (Fsp3) is 0.244. The summed E-state index contributed by atoms with van der Waals surface area (Å²) in [5.41, 5.74) is 11.3. The third-order valence-electron chi connectivity index (χ3n) is 8.91. The number of hydrogen-bond donors (Lipinski definition) is 0. The summed E-state index contributed by atoms with van der Waals surface area (Å²) < 4.78 is 5.10. The molecule has 0 radical (unpaired) electrons. The minimum Gasteiger partial charge on any atom is -0.292 e. The van der Waals surface area contributed by atoms with E-state index in [1.165, 1.54) is 59.2 Å². The monoisotopic (exact) mass is 592 g/mol. The molecular formula is C41H40N2S. The zero-order valence-electron chi connectivity index (χ0n) is 26.8. The predicted octanol–water partition coefficient (Wildman–Crippen LogP) is 12.3. The Morgan fingerprint density at radius 2 is 1.34 bits per heavy atom. The number of nitrogens with zero attached hydrogens (tertiary/aromatic N) is 2. The van der Waals surface area contributed by atoms with Gasteiger partial charge >= 0.3 is 0 Å². The second-order valence-electron chi connectivity index (χ2n) is 13.7. The van der Waals surface area contributed by atoms with Gasteiger partial charge in [0.1, 0.15) is 5.82 Å². The highest BCUT2D eigenvalue weighted by molar-refractivity contribution is 7.26. The van der Waals surface area contributed by atoms with Crippen molar-refractivity contribution in [2.75, 3.05) is 0 Å². The SMILES string of the molecule is CC(C)c1cc(-c2ccccc2)cc(C(C)C)c1-n1c(-c2cccc3c2sc2cc(C(C)(C)C)ccc23)nc2ccccc21. The van der Waals surface area contributed by atoms with Crippen LogP contribution in [0.5, 0.6) is 0 Å². The number of para-hydroxylation sites is 2. The highest BCUT2D eigenvalue weighted by atomic mass is 32.1. The Kier molecular flexibility index (Phi) is 6.98. The molecular weight excluding hydrogens is 553 g/mol. The molecule has 0 aliphatic carbocycles. The van der Waals surface area contributed by atoms with Crippen LogP contribution in [0.2, 0.25) is 0 Å². The number of aromatic nitrogens is 2. The van der Waals surface area contributed by atoms with Crippen LogP contribution in [0.15, 0.2) is 103 Å². The molecule has 0 aliphatic heterocycles. The van der Waals surface area contributed by atoms with Crippen LogP contribution < -0.4 is 0 Å². The van der Waals surface area contributed by atoms with E-state index >= 15 is 0 Å². The molecule has 0 fully saturated rings. The second-order valence-corrected chi connectivity index (χ2v) is 14.7. The van der Waals surface area contributed by atoms with Gasteiger partial charge in [-0.2, -0.15) is 0 Å². The molecule has 44 heavy (non-hydrogen) atoms. The first-order valence-electron chi connectivity index (χ1n) is 15.8. The van der Waals surface area contributed by atoms with Gasteiger partial charge in [-0.1, -0.05) is 115 Å². The summed E-state index contributed by atoms with van der Waals surface area (Å²) in [5.74, 6) is 1.67. The van der Waals surface area contributed by atoms with Gasteiger partial charge in [0.15, 0.2) is 0 Å². The van der Waals surface area contributed by atoms with Crippen molar-refractivity contribution in [2.24, 2.45) is 0 Å². The molecule has 0 amide bonds. The number of benzene rings is 5. The van der Waals surface area contributed by atoms with Crippen molar-refractivity contribution in [1.29, 1.82) is 0 Å². The van der Waals surface area contributed by atoms with Crippen LogP contribution >= 0.6 is 11.3 Å². The van der Waals surface area contributed by atoms with Gasteiger partial charge in [-0.3, -0.25) is 4.57 Å². The van der Waals surface area contributed by atoms with Crippen LogP contribution in [-0.2, 0) is 5.41 Å². The molecule has 2 nitrogen and oxygen atoms in total. The van der Waals surface area contributed by atoms with E-state index in [9.17, 15) is 0 Å². The van der Waals surface area contributed by atoms with Gasteiger partial charge < -0.3 is 0 Å². The molecule has 0 unspecified atom stereocenters. The Bertz CT molecular complexity index is 2120. The number of fused-ring (bicyclic) bond motifs is 4. The summed E-state index contributed by atoms with van der Waals surface area (Å²) in [6, 6.07) is 38.0. The van der Waals surface area contributed by atoms with Gasteiger partial charge in [0.2, 0.25) is 0 Å². The van der Waals surface area contributed by atoms with Crippen molar-refractivity contribution >= 4 is 42.5 Å². The molecule has 0 spiro atoms. The molecule has 0 saturated carbocycles. The van der Waals surface area contributed by atoms with Crippen molar-refractivity contribution in [3.05, 3.63) is 120 Å². The van der Waals surface area contributed by atoms with Crippen LogP contribution in [0.4, 0.5) is 0 Å². The van der Waals surface area contributed by atoms with Crippen molar-refractivity contribution in [1.82, 2.24) is 9.55 Å². The van der Waals surface area contributed by atoms with Gasteiger partial charge in [0.25, 0.3) is 0 Å². The van der Waals surface area contributed by atoms with Gasteiger partial charge in [-0.05, 0) is 81.5 Å². The number of hydrogen-bond acceptors (Lipinski definition) is 2. The molecule has 0 saturated heterocycles. The van der Waals surface area contributed by atoms with E-state index in [-0.39, 0.29) is 5.41 Å². The number of thiophene rings is 1. The van der Waals surface area contributed by atoms with E-state index in [0.717, 1.165) is 16.9 Å². The van der Waals surface area contributed by atoms with Gasteiger partial charge in [-0.25, -0.2) is 4.98 Å². The average molecular weight is 593 g/mol. The molecule has 0 bridgehead atoms. The van der Waals surface area contributed by atoms with E-state index < -0.39 is 0 Å². The Balaban J connectivity index is 1.56. The maximum atomic E-state index is 5.39. The first-order chi connectivity index (χ1) is 21.1. The molecule has 220 valence electrons. The molecule has 7 aromatic rings.